The predicted molar refractivity (Wildman–Crippen MR) is 119 cm³/mol. The van der Waals surface area contributed by atoms with Gasteiger partial charge in [-0.05, 0) is 37.0 Å². The number of anilines is 1. The van der Waals surface area contributed by atoms with Gasteiger partial charge in [0.1, 0.15) is 11.9 Å². The number of halogens is 2. The van der Waals surface area contributed by atoms with E-state index in [-0.39, 0.29) is 11.7 Å². The van der Waals surface area contributed by atoms with E-state index in [2.05, 4.69) is 20.3 Å². The Hall–Kier alpha value is -1.82. The van der Waals surface area contributed by atoms with E-state index in [1.807, 2.05) is 46.9 Å². The SMILES string of the molecule is CC(=O)[C@@]12CC1[C@@H](n1cnc3c(NCc4cccc(Cl)c4)nc(I)nc31)[C@H](O)C2O. The first kappa shape index (κ1) is 20.1. The minimum atomic E-state index is -1.08. The highest BCUT2D eigenvalue weighted by molar-refractivity contribution is 14.1. The molecule has 2 aliphatic rings. The van der Waals surface area contributed by atoms with Crippen LogP contribution in [0.4, 0.5) is 5.82 Å². The van der Waals surface area contributed by atoms with Crippen molar-refractivity contribution >= 4 is 57.0 Å². The van der Waals surface area contributed by atoms with Crippen molar-refractivity contribution in [2.24, 2.45) is 11.3 Å². The first-order valence-corrected chi connectivity index (χ1v) is 11.0. The van der Waals surface area contributed by atoms with E-state index in [1.165, 1.54) is 6.92 Å². The minimum absolute atomic E-state index is 0.0842. The molecule has 30 heavy (non-hydrogen) atoms. The zero-order valence-corrected chi connectivity index (χ0v) is 18.9. The van der Waals surface area contributed by atoms with Crippen LogP contribution in [-0.4, -0.2) is 47.7 Å². The van der Waals surface area contributed by atoms with Crippen molar-refractivity contribution in [3.05, 3.63) is 45.0 Å². The second-order valence-electron chi connectivity index (χ2n) is 7.98. The molecule has 3 N–H and O–H groups in total. The van der Waals surface area contributed by atoms with Crippen molar-refractivity contribution in [2.45, 2.75) is 38.1 Å². The number of aliphatic hydroxyl groups is 2. The fraction of sp³-hybridized carbons (Fsp3) is 0.400. The Labute approximate surface area is 190 Å². The summed E-state index contributed by atoms with van der Waals surface area (Å²) in [6, 6.07) is 7.09. The first-order valence-electron chi connectivity index (χ1n) is 9.58. The maximum Gasteiger partial charge on any atom is 0.194 e. The van der Waals surface area contributed by atoms with Crippen LogP contribution in [-0.2, 0) is 11.3 Å². The Kier molecular flexibility index (Phi) is 4.77. The molecule has 0 aliphatic heterocycles. The molecule has 0 bridgehead atoms. The van der Waals surface area contributed by atoms with E-state index in [4.69, 9.17) is 11.6 Å². The summed E-state index contributed by atoms with van der Waals surface area (Å²) in [6.45, 7) is 1.99. The lowest BCUT2D eigenvalue weighted by molar-refractivity contribution is -0.128. The van der Waals surface area contributed by atoms with Gasteiger partial charge in [0, 0.05) is 34.2 Å². The van der Waals surface area contributed by atoms with Crippen LogP contribution in [0.15, 0.2) is 30.6 Å². The summed E-state index contributed by atoms with van der Waals surface area (Å²) in [5.41, 5.74) is 1.28. The normalized spacial score (nSPS) is 29.8. The van der Waals surface area contributed by atoms with Crippen molar-refractivity contribution in [3.63, 3.8) is 0 Å². The number of carbonyl (C=O) groups excluding carboxylic acids is 1. The van der Waals surface area contributed by atoms with Gasteiger partial charge in [-0.1, -0.05) is 23.7 Å². The molecule has 2 heterocycles. The molecule has 2 aliphatic carbocycles. The van der Waals surface area contributed by atoms with Gasteiger partial charge in [-0.2, -0.15) is 0 Å². The summed E-state index contributed by atoms with van der Waals surface area (Å²) in [7, 11) is 0. The van der Waals surface area contributed by atoms with Gasteiger partial charge in [-0.3, -0.25) is 4.79 Å². The van der Waals surface area contributed by atoms with Crippen LogP contribution in [0.25, 0.3) is 11.2 Å². The molecule has 1 aromatic carbocycles. The van der Waals surface area contributed by atoms with Crippen LogP contribution in [0.1, 0.15) is 24.9 Å². The standard InChI is InChI=1S/C20H19ClIN5O3/c1-9(28)20-6-12(20)14(15(29)16(20)30)27-8-24-13-17(25-19(22)26-18(13)27)23-7-10-3-2-4-11(21)5-10/h2-5,8,12,14-16,29-30H,6-7H2,1H3,(H,23,25,26)/t12?,14-,15+,16?,20+/m1/s1. The number of carbonyl (C=O) groups is 1. The average Bonchev–Trinajstić information content (AvgIpc) is 3.25. The fourth-order valence-electron chi connectivity index (χ4n) is 4.84. The van der Waals surface area contributed by atoms with Crippen molar-refractivity contribution in [3.8, 4) is 0 Å². The third kappa shape index (κ3) is 2.94. The summed E-state index contributed by atoms with van der Waals surface area (Å²) in [5, 5.41) is 25.2. The van der Waals surface area contributed by atoms with Gasteiger partial charge in [0.05, 0.1) is 23.9 Å². The number of aliphatic hydroxyl groups excluding tert-OH is 2. The monoisotopic (exact) mass is 539 g/mol. The van der Waals surface area contributed by atoms with Crippen molar-refractivity contribution in [1.29, 1.82) is 0 Å². The number of nitrogens with zero attached hydrogens (tertiary/aromatic N) is 4. The highest BCUT2D eigenvalue weighted by Gasteiger charge is 2.74. The molecule has 2 fully saturated rings. The topological polar surface area (TPSA) is 113 Å². The van der Waals surface area contributed by atoms with Gasteiger partial charge in [0.25, 0.3) is 0 Å². The molecule has 2 saturated carbocycles. The molecule has 0 spiro atoms. The van der Waals surface area contributed by atoms with Gasteiger partial charge in [0.2, 0.25) is 0 Å². The highest BCUT2D eigenvalue weighted by Crippen LogP contribution is 2.68. The zero-order valence-electron chi connectivity index (χ0n) is 16.0. The summed E-state index contributed by atoms with van der Waals surface area (Å²) >= 11 is 8.10. The molecule has 5 rings (SSSR count). The van der Waals surface area contributed by atoms with Crippen LogP contribution >= 0.6 is 34.2 Å². The summed E-state index contributed by atoms with van der Waals surface area (Å²) in [6.07, 6.45) is 0.0339. The lowest BCUT2D eigenvalue weighted by Gasteiger charge is -2.23. The first-order chi connectivity index (χ1) is 14.3. The van der Waals surface area contributed by atoms with Crippen LogP contribution in [0, 0.1) is 15.2 Å². The number of Topliss-reactive ketones (excluding diaryl/α,β-unsaturated/α-hetero) is 1. The van der Waals surface area contributed by atoms with Gasteiger partial charge in [0.15, 0.2) is 20.8 Å². The van der Waals surface area contributed by atoms with Crippen LogP contribution < -0.4 is 5.32 Å². The molecule has 156 valence electrons. The number of fused-ring (bicyclic) bond motifs is 2. The molecule has 0 amide bonds. The number of rotatable bonds is 5. The maximum atomic E-state index is 12.2. The van der Waals surface area contributed by atoms with Crippen molar-refractivity contribution < 1.29 is 15.0 Å². The second kappa shape index (κ2) is 7.11. The predicted octanol–water partition coefficient (Wildman–Crippen LogP) is 2.57. The molecule has 2 aromatic heterocycles. The van der Waals surface area contributed by atoms with E-state index in [1.54, 1.807) is 10.9 Å². The van der Waals surface area contributed by atoms with Gasteiger partial charge in [-0.25, -0.2) is 15.0 Å². The molecule has 3 aromatic rings. The third-order valence-electron chi connectivity index (χ3n) is 6.39. The molecule has 5 atom stereocenters. The van der Waals surface area contributed by atoms with Crippen LogP contribution in [0.2, 0.25) is 5.02 Å². The van der Waals surface area contributed by atoms with Crippen LogP contribution in [0.5, 0.6) is 0 Å². The fourth-order valence-corrected chi connectivity index (χ4v) is 5.52. The summed E-state index contributed by atoms with van der Waals surface area (Å²) in [5.74, 6) is 0.358. The molecular weight excluding hydrogens is 521 g/mol. The largest absolute Gasteiger partial charge is 0.389 e. The Morgan fingerprint density at radius 3 is 2.90 bits per heavy atom. The van der Waals surface area contributed by atoms with Gasteiger partial charge < -0.3 is 20.1 Å². The molecular formula is C20H19ClIN5O3. The van der Waals surface area contributed by atoms with Crippen molar-refractivity contribution in [2.75, 3.05) is 5.32 Å². The quantitative estimate of drug-likeness (QED) is 0.337. The average molecular weight is 540 g/mol. The molecule has 0 radical (unpaired) electrons. The minimum Gasteiger partial charge on any atom is -0.389 e. The lowest BCUT2D eigenvalue weighted by atomic mass is 9.95. The number of imidazole rings is 1. The highest BCUT2D eigenvalue weighted by atomic mass is 127. The van der Waals surface area contributed by atoms with E-state index in [0.29, 0.717) is 38.8 Å². The van der Waals surface area contributed by atoms with Gasteiger partial charge in [-0.15, -0.1) is 0 Å². The molecule has 0 saturated heterocycles. The Balaban J connectivity index is 1.50. The number of nitrogens with one attached hydrogen (secondary N) is 1. The Morgan fingerprint density at radius 1 is 1.40 bits per heavy atom. The second-order valence-corrected chi connectivity index (χ2v) is 9.38. The summed E-state index contributed by atoms with van der Waals surface area (Å²) in [4.78, 5) is 25.6. The smallest absolute Gasteiger partial charge is 0.194 e. The van der Waals surface area contributed by atoms with E-state index in [9.17, 15) is 15.0 Å². The number of benzene rings is 1. The third-order valence-corrected chi connectivity index (χ3v) is 7.11. The van der Waals surface area contributed by atoms with Crippen molar-refractivity contribution in [1.82, 2.24) is 19.5 Å². The lowest BCUT2D eigenvalue weighted by Crippen LogP contribution is -2.36. The number of hydrogen-bond donors (Lipinski definition) is 3. The zero-order chi connectivity index (χ0) is 21.2. The van der Waals surface area contributed by atoms with E-state index < -0.39 is 23.7 Å². The number of aromatic nitrogens is 4. The molecule has 8 nitrogen and oxygen atoms in total. The van der Waals surface area contributed by atoms with Crippen LogP contribution in [0.3, 0.4) is 0 Å². The van der Waals surface area contributed by atoms with E-state index in [0.717, 1.165) is 5.56 Å². The summed E-state index contributed by atoms with van der Waals surface area (Å²) < 4.78 is 2.30. The maximum absolute atomic E-state index is 12.2. The number of ketones is 1. The molecule has 2 unspecified atom stereocenters. The van der Waals surface area contributed by atoms with Gasteiger partial charge >= 0.3 is 0 Å². The molecule has 10 heteroatoms. The number of hydrogen-bond acceptors (Lipinski definition) is 7. The van der Waals surface area contributed by atoms with E-state index >= 15 is 0 Å². The Bertz CT molecular complexity index is 1170. The Morgan fingerprint density at radius 2 is 2.20 bits per heavy atom.